The first-order chi connectivity index (χ1) is 5.84. The third-order valence-electron chi connectivity index (χ3n) is 2.58. The highest BCUT2D eigenvalue weighted by atomic mass is 32.2. The zero-order valence-corrected chi connectivity index (χ0v) is 8.66. The van der Waals surface area contributed by atoms with Crippen LogP contribution >= 0.6 is 11.8 Å². The maximum atomic E-state index is 11.2. The zero-order chi connectivity index (χ0) is 8.81. The maximum Gasteiger partial charge on any atom is 0.135 e. The predicted molar refractivity (Wildman–Crippen MR) is 54.6 cm³/mol. The van der Waals surface area contributed by atoms with Crippen molar-refractivity contribution in [3.05, 3.63) is 0 Å². The van der Waals surface area contributed by atoms with Gasteiger partial charge < -0.3 is 0 Å². The Morgan fingerprint density at radius 2 is 2.33 bits per heavy atom. The number of carbonyl (C=O) groups excluding carboxylic acids is 1. The first-order valence-corrected chi connectivity index (χ1v) is 6.25. The third kappa shape index (κ3) is 3.18. The van der Waals surface area contributed by atoms with Crippen LogP contribution in [0.2, 0.25) is 0 Å². The van der Waals surface area contributed by atoms with Gasteiger partial charge in [0.15, 0.2) is 0 Å². The van der Waals surface area contributed by atoms with Crippen molar-refractivity contribution in [2.75, 3.05) is 12.0 Å². The second kappa shape index (κ2) is 5.63. The molecule has 0 N–H and O–H groups in total. The molecule has 0 aromatic rings. The molecule has 0 heterocycles. The molecule has 1 fully saturated rings. The Balaban J connectivity index is 2.02. The van der Waals surface area contributed by atoms with Gasteiger partial charge >= 0.3 is 0 Å². The van der Waals surface area contributed by atoms with Crippen molar-refractivity contribution in [3.8, 4) is 0 Å². The van der Waals surface area contributed by atoms with Crippen LogP contribution in [-0.4, -0.2) is 17.8 Å². The lowest BCUT2D eigenvalue weighted by atomic mass is 10.0. The average molecular weight is 186 g/mol. The number of hydrogen-bond acceptors (Lipinski definition) is 2. The number of rotatable bonds is 5. The smallest absolute Gasteiger partial charge is 0.135 e. The summed E-state index contributed by atoms with van der Waals surface area (Å²) in [6.07, 6.45) is 8.99. The van der Waals surface area contributed by atoms with Gasteiger partial charge in [0.1, 0.15) is 5.78 Å². The van der Waals surface area contributed by atoms with Crippen LogP contribution in [0.4, 0.5) is 0 Å². The Bertz CT molecular complexity index is 145. The third-order valence-corrected chi connectivity index (χ3v) is 3.28. The fourth-order valence-corrected chi connectivity index (χ4v) is 2.32. The van der Waals surface area contributed by atoms with Crippen molar-refractivity contribution in [2.24, 2.45) is 5.92 Å². The Morgan fingerprint density at radius 3 is 2.92 bits per heavy atom. The van der Waals surface area contributed by atoms with E-state index in [0.717, 1.165) is 25.7 Å². The molecule has 0 saturated heterocycles. The van der Waals surface area contributed by atoms with E-state index in [1.54, 1.807) is 0 Å². The summed E-state index contributed by atoms with van der Waals surface area (Å²) in [5.41, 5.74) is 0. The monoisotopic (exact) mass is 186 g/mol. The molecule has 2 heteroatoms. The van der Waals surface area contributed by atoms with Gasteiger partial charge in [-0.2, -0.15) is 11.8 Å². The molecule has 70 valence electrons. The van der Waals surface area contributed by atoms with Crippen molar-refractivity contribution in [1.29, 1.82) is 0 Å². The Hall–Kier alpha value is 0.0200. The van der Waals surface area contributed by atoms with Crippen molar-refractivity contribution in [1.82, 2.24) is 0 Å². The van der Waals surface area contributed by atoms with Crippen LogP contribution in [0.3, 0.4) is 0 Å². The summed E-state index contributed by atoms with van der Waals surface area (Å²) in [4.78, 5) is 11.2. The SMILES string of the molecule is CSCCCCC1CCCC1=O. The van der Waals surface area contributed by atoms with E-state index >= 15 is 0 Å². The Labute approximate surface area is 79.3 Å². The highest BCUT2D eigenvalue weighted by Gasteiger charge is 2.23. The Morgan fingerprint density at radius 1 is 1.50 bits per heavy atom. The summed E-state index contributed by atoms with van der Waals surface area (Å²) < 4.78 is 0. The number of ketones is 1. The second-order valence-electron chi connectivity index (χ2n) is 3.54. The van der Waals surface area contributed by atoms with Gasteiger partial charge in [-0.3, -0.25) is 4.79 Å². The van der Waals surface area contributed by atoms with Crippen LogP contribution in [0.1, 0.15) is 38.5 Å². The lowest BCUT2D eigenvalue weighted by molar-refractivity contribution is -0.120. The van der Waals surface area contributed by atoms with Crippen LogP contribution in [0.15, 0.2) is 0 Å². The maximum absolute atomic E-state index is 11.2. The summed E-state index contributed by atoms with van der Waals surface area (Å²) in [5.74, 6) is 2.21. The summed E-state index contributed by atoms with van der Waals surface area (Å²) in [7, 11) is 0. The minimum Gasteiger partial charge on any atom is -0.299 e. The first-order valence-electron chi connectivity index (χ1n) is 4.86. The molecule has 0 amide bonds. The number of carbonyl (C=O) groups is 1. The molecule has 0 aromatic heterocycles. The minimum atomic E-state index is 0.437. The molecule has 0 aliphatic heterocycles. The van der Waals surface area contributed by atoms with Crippen molar-refractivity contribution in [2.45, 2.75) is 38.5 Å². The summed E-state index contributed by atoms with van der Waals surface area (Å²) >= 11 is 1.90. The highest BCUT2D eigenvalue weighted by Crippen LogP contribution is 2.25. The van der Waals surface area contributed by atoms with E-state index in [-0.39, 0.29) is 0 Å². The van der Waals surface area contributed by atoms with E-state index in [0.29, 0.717) is 11.7 Å². The molecule has 0 aromatic carbocycles. The highest BCUT2D eigenvalue weighted by molar-refractivity contribution is 7.98. The van der Waals surface area contributed by atoms with E-state index in [9.17, 15) is 4.79 Å². The van der Waals surface area contributed by atoms with Crippen LogP contribution in [0.25, 0.3) is 0 Å². The second-order valence-corrected chi connectivity index (χ2v) is 4.53. The Kier molecular flexibility index (Phi) is 4.74. The van der Waals surface area contributed by atoms with Crippen LogP contribution in [0, 0.1) is 5.92 Å². The number of Topliss-reactive ketones (excluding diaryl/α,β-unsaturated/α-hetero) is 1. The molecule has 0 radical (unpaired) electrons. The fraction of sp³-hybridized carbons (Fsp3) is 0.900. The number of thioether (sulfide) groups is 1. The van der Waals surface area contributed by atoms with Crippen LogP contribution in [-0.2, 0) is 4.79 Å². The van der Waals surface area contributed by atoms with E-state index in [2.05, 4.69) is 6.26 Å². The molecule has 1 saturated carbocycles. The van der Waals surface area contributed by atoms with Crippen molar-refractivity contribution in [3.63, 3.8) is 0 Å². The molecular weight excluding hydrogens is 168 g/mol. The van der Waals surface area contributed by atoms with E-state index < -0.39 is 0 Å². The zero-order valence-electron chi connectivity index (χ0n) is 7.84. The molecule has 1 nitrogen and oxygen atoms in total. The van der Waals surface area contributed by atoms with E-state index in [1.165, 1.54) is 18.6 Å². The average Bonchev–Trinajstić information content (AvgIpc) is 2.46. The summed E-state index contributed by atoms with van der Waals surface area (Å²) in [5, 5.41) is 0. The quantitative estimate of drug-likeness (QED) is 0.614. The normalized spacial score (nSPS) is 23.4. The van der Waals surface area contributed by atoms with Crippen molar-refractivity contribution >= 4 is 17.5 Å². The van der Waals surface area contributed by atoms with Gasteiger partial charge in [-0.05, 0) is 37.7 Å². The van der Waals surface area contributed by atoms with Gasteiger partial charge in [-0.25, -0.2) is 0 Å². The largest absolute Gasteiger partial charge is 0.299 e. The summed E-state index contributed by atoms with van der Waals surface area (Å²) in [6, 6.07) is 0. The molecule has 1 unspecified atom stereocenters. The lowest BCUT2D eigenvalue weighted by Gasteiger charge is -2.05. The van der Waals surface area contributed by atoms with Gasteiger partial charge in [0.2, 0.25) is 0 Å². The van der Waals surface area contributed by atoms with Gasteiger partial charge in [0.25, 0.3) is 0 Å². The first kappa shape index (κ1) is 10.1. The topological polar surface area (TPSA) is 17.1 Å². The van der Waals surface area contributed by atoms with E-state index in [1.807, 2.05) is 11.8 Å². The standard InChI is InChI=1S/C10H18OS/c1-12-8-3-2-5-9-6-4-7-10(9)11/h9H,2-8H2,1H3. The molecular formula is C10H18OS. The van der Waals surface area contributed by atoms with Crippen LogP contribution in [0.5, 0.6) is 0 Å². The summed E-state index contributed by atoms with van der Waals surface area (Å²) in [6.45, 7) is 0. The predicted octanol–water partition coefficient (Wildman–Crippen LogP) is 2.89. The molecule has 0 bridgehead atoms. The van der Waals surface area contributed by atoms with Crippen LogP contribution < -0.4 is 0 Å². The van der Waals surface area contributed by atoms with Gasteiger partial charge in [0, 0.05) is 12.3 Å². The van der Waals surface area contributed by atoms with Gasteiger partial charge in [-0.15, -0.1) is 0 Å². The molecule has 0 spiro atoms. The van der Waals surface area contributed by atoms with E-state index in [4.69, 9.17) is 0 Å². The lowest BCUT2D eigenvalue weighted by Crippen LogP contribution is -2.05. The van der Waals surface area contributed by atoms with Gasteiger partial charge in [0.05, 0.1) is 0 Å². The molecule has 1 atom stereocenters. The van der Waals surface area contributed by atoms with Crippen molar-refractivity contribution < 1.29 is 4.79 Å². The molecule has 12 heavy (non-hydrogen) atoms. The fourth-order valence-electron chi connectivity index (χ4n) is 1.83. The number of hydrogen-bond donors (Lipinski definition) is 0. The molecule has 1 rings (SSSR count). The van der Waals surface area contributed by atoms with Gasteiger partial charge in [-0.1, -0.05) is 6.42 Å². The molecule has 1 aliphatic rings. The minimum absolute atomic E-state index is 0.437. The molecule has 1 aliphatic carbocycles. The number of unbranched alkanes of at least 4 members (excludes halogenated alkanes) is 1.